The Morgan fingerprint density at radius 2 is 2.20 bits per heavy atom. The Labute approximate surface area is 147 Å². The largest absolute Gasteiger partial charge is 0.396 e. The Kier molecular flexibility index (Phi) is 5.03. The van der Waals surface area contributed by atoms with E-state index in [0.717, 1.165) is 30.5 Å². The zero-order valence-corrected chi connectivity index (χ0v) is 14.6. The van der Waals surface area contributed by atoms with Crippen molar-refractivity contribution in [1.82, 2.24) is 25.6 Å². The van der Waals surface area contributed by atoms with Gasteiger partial charge in [-0.2, -0.15) is 0 Å². The molecule has 0 radical (unpaired) electrons. The topological polar surface area (TPSA) is 92.1 Å². The summed E-state index contributed by atoms with van der Waals surface area (Å²) in [7, 11) is 0. The Morgan fingerprint density at radius 3 is 2.84 bits per heavy atom. The third kappa shape index (κ3) is 3.82. The van der Waals surface area contributed by atoms with Gasteiger partial charge >= 0.3 is 6.03 Å². The number of carbonyl (C=O) groups excluding carboxylic acids is 1. The lowest BCUT2D eigenvalue weighted by Crippen LogP contribution is -2.49. The highest BCUT2D eigenvalue weighted by molar-refractivity contribution is 5.75. The van der Waals surface area contributed by atoms with Gasteiger partial charge in [-0.3, -0.25) is 0 Å². The van der Waals surface area contributed by atoms with E-state index in [1.807, 2.05) is 38.1 Å². The molecule has 3 unspecified atom stereocenters. The van der Waals surface area contributed by atoms with Crippen LogP contribution in [0.1, 0.15) is 44.7 Å². The van der Waals surface area contributed by atoms with Gasteiger partial charge in [-0.15, -0.1) is 5.10 Å². The van der Waals surface area contributed by atoms with Crippen LogP contribution >= 0.6 is 0 Å². The van der Waals surface area contributed by atoms with Crippen molar-refractivity contribution in [3.05, 3.63) is 42.2 Å². The van der Waals surface area contributed by atoms with Crippen molar-refractivity contribution in [2.45, 2.75) is 45.2 Å². The summed E-state index contributed by atoms with van der Waals surface area (Å²) in [5.74, 6) is 0. The summed E-state index contributed by atoms with van der Waals surface area (Å²) < 4.78 is 1.68. The molecule has 1 saturated carbocycles. The second-order valence-electron chi connectivity index (χ2n) is 7.04. The van der Waals surface area contributed by atoms with Crippen molar-refractivity contribution in [3.63, 3.8) is 0 Å². The van der Waals surface area contributed by atoms with E-state index in [9.17, 15) is 9.90 Å². The summed E-state index contributed by atoms with van der Waals surface area (Å²) in [5, 5.41) is 23.3. The van der Waals surface area contributed by atoms with Crippen LogP contribution in [0.3, 0.4) is 0 Å². The fourth-order valence-corrected chi connectivity index (χ4v) is 3.41. The molecular weight excluding hydrogens is 318 g/mol. The molecule has 7 nitrogen and oxygen atoms in total. The number of hydrogen-bond donors (Lipinski definition) is 3. The summed E-state index contributed by atoms with van der Waals surface area (Å²) in [4.78, 5) is 12.3. The van der Waals surface area contributed by atoms with Crippen molar-refractivity contribution >= 4 is 6.03 Å². The number of aliphatic hydroxyl groups excluding tert-OH is 1. The van der Waals surface area contributed by atoms with Gasteiger partial charge in [-0.1, -0.05) is 30.7 Å². The lowest BCUT2D eigenvalue weighted by atomic mass is 9.86. The average Bonchev–Trinajstić information content (AvgIpc) is 3.26. The van der Waals surface area contributed by atoms with E-state index in [2.05, 4.69) is 20.9 Å². The third-order valence-electron chi connectivity index (χ3n) is 5.18. The maximum atomic E-state index is 12.3. The smallest absolute Gasteiger partial charge is 0.315 e. The fourth-order valence-electron chi connectivity index (χ4n) is 3.41. The second-order valence-corrected chi connectivity index (χ2v) is 7.04. The molecule has 1 aromatic heterocycles. The van der Waals surface area contributed by atoms with Crippen LogP contribution in [0.15, 0.2) is 36.7 Å². The van der Waals surface area contributed by atoms with E-state index < -0.39 is 0 Å². The molecule has 1 aliphatic carbocycles. The Bertz CT molecular complexity index is 701. The van der Waals surface area contributed by atoms with Gasteiger partial charge in [0.25, 0.3) is 0 Å². The van der Waals surface area contributed by atoms with Crippen molar-refractivity contribution in [3.8, 4) is 5.69 Å². The van der Waals surface area contributed by atoms with E-state index in [-0.39, 0.29) is 30.1 Å². The summed E-state index contributed by atoms with van der Waals surface area (Å²) in [6.07, 6.45) is 6.29. The number of rotatable bonds is 5. The van der Waals surface area contributed by atoms with Crippen LogP contribution in [-0.2, 0) is 0 Å². The molecule has 1 fully saturated rings. The molecule has 2 aromatic rings. The van der Waals surface area contributed by atoms with Crippen LogP contribution in [0, 0.1) is 5.41 Å². The molecule has 25 heavy (non-hydrogen) atoms. The normalized spacial score (nSPS) is 24.0. The SMILES string of the molecule is CC(NC(=O)NC1CCCC1(C)CO)c1ccc(-n2ccnn2)cc1. The van der Waals surface area contributed by atoms with Crippen LogP contribution < -0.4 is 10.6 Å². The number of aliphatic hydroxyl groups is 1. The van der Waals surface area contributed by atoms with E-state index in [0.29, 0.717) is 0 Å². The number of benzene rings is 1. The van der Waals surface area contributed by atoms with Gasteiger partial charge in [0.1, 0.15) is 0 Å². The summed E-state index contributed by atoms with van der Waals surface area (Å²) in [6.45, 7) is 4.07. The molecule has 3 rings (SSSR count). The highest BCUT2D eigenvalue weighted by Crippen LogP contribution is 2.37. The number of aromatic nitrogens is 3. The standard InChI is InChI=1S/C18H25N5O2/c1-13(14-5-7-15(8-6-14)23-11-10-19-22-23)20-17(25)21-16-4-3-9-18(16,2)12-24/h5-8,10-11,13,16,24H,3-4,9,12H2,1-2H3,(H2,20,21,25). The van der Waals surface area contributed by atoms with Crippen LogP contribution in [-0.4, -0.2) is 38.8 Å². The molecule has 3 N–H and O–H groups in total. The molecular formula is C18H25N5O2. The maximum Gasteiger partial charge on any atom is 0.315 e. The molecule has 0 aliphatic heterocycles. The molecule has 134 valence electrons. The molecule has 1 aromatic carbocycles. The van der Waals surface area contributed by atoms with E-state index in [1.54, 1.807) is 17.1 Å². The van der Waals surface area contributed by atoms with Crippen molar-refractivity contribution in [2.24, 2.45) is 5.41 Å². The number of carbonyl (C=O) groups is 1. The minimum absolute atomic E-state index is 0.0133. The lowest BCUT2D eigenvalue weighted by molar-refractivity contribution is 0.121. The first-order valence-corrected chi connectivity index (χ1v) is 8.66. The summed E-state index contributed by atoms with van der Waals surface area (Å²) >= 11 is 0. The zero-order valence-electron chi connectivity index (χ0n) is 14.6. The van der Waals surface area contributed by atoms with Crippen molar-refractivity contribution in [1.29, 1.82) is 0 Å². The molecule has 3 atom stereocenters. The first kappa shape index (κ1) is 17.4. The third-order valence-corrected chi connectivity index (χ3v) is 5.18. The molecule has 0 bridgehead atoms. The fraction of sp³-hybridized carbons (Fsp3) is 0.500. The highest BCUT2D eigenvalue weighted by atomic mass is 16.3. The number of urea groups is 1. The van der Waals surface area contributed by atoms with Gasteiger partial charge in [0, 0.05) is 11.5 Å². The quantitative estimate of drug-likeness (QED) is 0.776. The Balaban J connectivity index is 1.58. The molecule has 2 amide bonds. The molecule has 7 heteroatoms. The van der Waals surface area contributed by atoms with Gasteiger partial charge in [-0.25, -0.2) is 9.48 Å². The van der Waals surface area contributed by atoms with Gasteiger partial charge in [-0.05, 0) is 37.5 Å². The Morgan fingerprint density at radius 1 is 1.44 bits per heavy atom. The van der Waals surface area contributed by atoms with Crippen LogP contribution in [0.2, 0.25) is 0 Å². The minimum atomic E-state index is -0.222. The first-order chi connectivity index (χ1) is 12.0. The predicted octanol–water partition coefficient (Wildman–Crippen LogP) is 2.18. The van der Waals surface area contributed by atoms with E-state index in [4.69, 9.17) is 0 Å². The van der Waals surface area contributed by atoms with Crippen molar-refractivity contribution < 1.29 is 9.90 Å². The van der Waals surface area contributed by atoms with Crippen LogP contribution in [0.25, 0.3) is 5.69 Å². The minimum Gasteiger partial charge on any atom is -0.396 e. The zero-order chi connectivity index (χ0) is 17.9. The summed E-state index contributed by atoms with van der Waals surface area (Å²) in [5.41, 5.74) is 1.71. The van der Waals surface area contributed by atoms with Gasteiger partial charge in [0.2, 0.25) is 0 Å². The number of amides is 2. The van der Waals surface area contributed by atoms with Crippen LogP contribution in [0.4, 0.5) is 4.79 Å². The van der Waals surface area contributed by atoms with E-state index in [1.165, 1.54) is 0 Å². The highest BCUT2D eigenvalue weighted by Gasteiger charge is 2.39. The monoisotopic (exact) mass is 343 g/mol. The maximum absolute atomic E-state index is 12.3. The molecule has 0 saturated heterocycles. The average molecular weight is 343 g/mol. The number of nitrogens with zero attached hydrogens (tertiary/aromatic N) is 3. The van der Waals surface area contributed by atoms with Gasteiger partial charge < -0.3 is 15.7 Å². The van der Waals surface area contributed by atoms with Crippen LogP contribution in [0.5, 0.6) is 0 Å². The molecule has 1 heterocycles. The molecule has 0 spiro atoms. The van der Waals surface area contributed by atoms with E-state index >= 15 is 0 Å². The lowest BCUT2D eigenvalue weighted by Gasteiger charge is -2.30. The van der Waals surface area contributed by atoms with Gasteiger partial charge in [0.05, 0.1) is 30.7 Å². The van der Waals surface area contributed by atoms with Crippen molar-refractivity contribution in [2.75, 3.05) is 6.61 Å². The summed E-state index contributed by atoms with van der Waals surface area (Å²) in [6, 6.07) is 7.52. The first-order valence-electron chi connectivity index (χ1n) is 8.66. The number of hydrogen-bond acceptors (Lipinski definition) is 4. The van der Waals surface area contributed by atoms with Gasteiger partial charge in [0.15, 0.2) is 0 Å². The number of nitrogens with one attached hydrogen (secondary N) is 2. The Hall–Kier alpha value is -2.41. The molecule has 1 aliphatic rings. The second kappa shape index (κ2) is 7.23. The predicted molar refractivity (Wildman–Crippen MR) is 94.3 cm³/mol.